The zero-order valence-electron chi connectivity index (χ0n) is 5.64. The smallest absolute Gasteiger partial charge is 0.160 e. The highest BCUT2D eigenvalue weighted by Crippen LogP contribution is 2.31. The molecule has 0 amide bonds. The van der Waals surface area contributed by atoms with Gasteiger partial charge in [0.2, 0.25) is 0 Å². The first-order valence-corrected chi connectivity index (χ1v) is 5.49. The van der Waals surface area contributed by atoms with Gasteiger partial charge in [0.25, 0.3) is 0 Å². The maximum absolute atomic E-state index is 13.3. The standard InChI is InChI=1S/C7H2Br2FNS/c8-3-1-2-4-6(5(3)10)12-7(9)11-4/h1-2H. The van der Waals surface area contributed by atoms with Gasteiger partial charge < -0.3 is 0 Å². The van der Waals surface area contributed by atoms with E-state index in [9.17, 15) is 4.39 Å². The number of benzene rings is 1. The van der Waals surface area contributed by atoms with Crippen LogP contribution in [0.5, 0.6) is 0 Å². The van der Waals surface area contributed by atoms with Crippen molar-refractivity contribution in [3.8, 4) is 0 Å². The average molecular weight is 311 g/mol. The highest BCUT2D eigenvalue weighted by molar-refractivity contribution is 9.11. The van der Waals surface area contributed by atoms with Crippen LogP contribution < -0.4 is 0 Å². The highest BCUT2D eigenvalue weighted by atomic mass is 79.9. The Morgan fingerprint density at radius 1 is 1.33 bits per heavy atom. The molecule has 0 saturated carbocycles. The summed E-state index contributed by atoms with van der Waals surface area (Å²) in [6.07, 6.45) is 0. The molecule has 2 rings (SSSR count). The molecule has 0 saturated heterocycles. The molecule has 0 bridgehead atoms. The Morgan fingerprint density at radius 2 is 2.08 bits per heavy atom. The molecule has 0 fully saturated rings. The van der Waals surface area contributed by atoms with Crippen LogP contribution in [0.3, 0.4) is 0 Å². The van der Waals surface area contributed by atoms with E-state index in [-0.39, 0.29) is 5.82 Å². The topological polar surface area (TPSA) is 12.9 Å². The number of fused-ring (bicyclic) bond motifs is 1. The van der Waals surface area contributed by atoms with Crippen molar-refractivity contribution in [1.29, 1.82) is 0 Å². The van der Waals surface area contributed by atoms with Crippen LogP contribution in [-0.4, -0.2) is 4.98 Å². The normalized spacial score (nSPS) is 10.9. The highest BCUT2D eigenvalue weighted by Gasteiger charge is 2.08. The van der Waals surface area contributed by atoms with Gasteiger partial charge in [-0.2, -0.15) is 0 Å². The first-order chi connectivity index (χ1) is 5.68. The SMILES string of the molecule is Fc1c(Br)ccc2nc(Br)sc12. The second kappa shape index (κ2) is 3.05. The first kappa shape index (κ1) is 8.59. The van der Waals surface area contributed by atoms with Gasteiger partial charge in [-0.3, -0.25) is 0 Å². The molecule has 0 spiro atoms. The minimum atomic E-state index is -0.240. The van der Waals surface area contributed by atoms with Crippen LogP contribution in [0.4, 0.5) is 4.39 Å². The Bertz CT molecular complexity index is 440. The number of hydrogen-bond acceptors (Lipinski definition) is 2. The maximum Gasteiger partial charge on any atom is 0.160 e. The largest absolute Gasteiger partial charge is 0.229 e. The van der Waals surface area contributed by atoms with Crippen LogP contribution in [0.15, 0.2) is 20.5 Å². The fraction of sp³-hybridized carbons (Fsp3) is 0. The summed E-state index contributed by atoms with van der Waals surface area (Å²) >= 11 is 7.62. The van der Waals surface area contributed by atoms with Crippen molar-refractivity contribution in [2.24, 2.45) is 0 Å². The van der Waals surface area contributed by atoms with Gasteiger partial charge in [-0.05, 0) is 44.0 Å². The van der Waals surface area contributed by atoms with Crippen LogP contribution in [0.2, 0.25) is 0 Å². The van der Waals surface area contributed by atoms with E-state index in [0.29, 0.717) is 18.6 Å². The van der Waals surface area contributed by atoms with E-state index in [0.717, 1.165) is 0 Å². The van der Waals surface area contributed by atoms with Gasteiger partial charge in [-0.25, -0.2) is 9.37 Å². The molecule has 0 aliphatic heterocycles. The molecule has 0 aliphatic rings. The molecule has 0 aliphatic carbocycles. The quantitative estimate of drug-likeness (QED) is 0.718. The molecule has 1 heterocycles. The monoisotopic (exact) mass is 309 g/mol. The minimum Gasteiger partial charge on any atom is -0.229 e. The molecule has 1 nitrogen and oxygen atoms in total. The summed E-state index contributed by atoms with van der Waals surface area (Å²) in [7, 11) is 0. The number of nitrogens with zero attached hydrogens (tertiary/aromatic N) is 1. The zero-order valence-corrected chi connectivity index (χ0v) is 9.63. The lowest BCUT2D eigenvalue weighted by atomic mass is 10.3. The Labute approximate surface area is 88.9 Å². The van der Waals surface area contributed by atoms with E-state index < -0.39 is 0 Å². The lowest BCUT2D eigenvalue weighted by Crippen LogP contribution is -1.76. The van der Waals surface area contributed by atoms with Gasteiger partial charge in [0.15, 0.2) is 9.73 Å². The predicted molar refractivity (Wildman–Crippen MR) is 55.0 cm³/mol. The molecule has 5 heteroatoms. The van der Waals surface area contributed by atoms with Gasteiger partial charge in [-0.15, -0.1) is 11.3 Å². The van der Waals surface area contributed by atoms with Crippen LogP contribution in [0.25, 0.3) is 10.2 Å². The molecule has 12 heavy (non-hydrogen) atoms. The van der Waals surface area contributed by atoms with Crippen LogP contribution in [0, 0.1) is 5.82 Å². The maximum atomic E-state index is 13.3. The summed E-state index contributed by atoms with van der Waals surface area (Å²) in [6.45, 7) is 0. The second-order valence-electron chi connectivity index (χ2n) is 2.18. The van der Waals surface area contributed by atoms with Crippen molar-refractivity contribution in [3.63, 3.8) is 0 Å². The van der Waals surface area contributed by atoms with Crippen molar-refractivity contribution in [2.75, 3.05) is 0 Å². The van der Waals surface area contributed by atoms with E-state index in [1.165, 1.54) is 11.3 Å². The van der Waals surface area contributed by atoms with Crippen LogP contribution in [-0.2, 0) is 0 Å². The Morgan fingerprint density at radius 3 is 2.83 bits per heavy atom. The summed E-state index contributed by atoms with van der Waals surface area (Å²) in [5, 5.41) is 0. The molecule has 1 aromatic carbocycles. The van der Waals surface area contributed by atoms with Crippen molar-refractivity contribution in [3.05, 3.63) is 26.3 Å². The number of hydrogen-bond donors (Lipinski definition) is 0. The lowest BCUT2D eigenvalue weighted by Gasteiger charge is -1.92. The van der Waals surface area contributed by atoms with Gasteiger partial charge in [0.1, 0.15) is 0 Å². The van der Waals surface area contributed by atoms with Crippen LogP contribution >= 0.6 is 43.2 Å². The summed E-state index contributed by atoms with van der Waals surface area (Å²) in [5.74, 6) is -0.240. The fourth-order valence-electron chi connectivity index (χ4n) is 0.909. The molecule has 0 radical (unpaired) electrons. The van der Waals surface area contributed by atoms with E-state index in [4.69, 9.17) is 0 Å². The molecular weight excluding hydrogens is 309 g/mol. The van der Waals surface area contributed by atoms with Crippen LogP contribution in [0.1, 0.15) is 0 Å². The van der Waals surface area contributed by atoms with Crippen molar-refractivity contribution in [1.82, 2.24) is 4.98 Å². The summed E-state index contributed by atoms with van der Waals surface area (Å²) in [4.78, 5) is 4.09. The lowest BCUT2D eigenvalue weighted by molar-refractivity contribution is 0.635. The number of halogens is 3. The summed E-state index contributed by atoms with van der Waals surface area (Å²) in [5.41, 5.74) is 0.688. The molecule has 1 aromatic heterocycles. The molecule has 2 aromatic rings. The molecular formula is C7H2Br2FNS. The number of aromatic nitrogens is 1. The van der Waals surface area contributed by atoms with Crippen molar-refractivity contribution < 1.29 is 4.39 Å². The molecule has 0 atom stereocenters. The zero-order chi connectivity index (χ0) is 8.72. The molecule has 0 N–H and O–H groups in total. The number of thiazole rings is 1. The van der Waals surface area contributed by atoms with Gasteiger partial charge in [0.05, 0.1) is 14.7 Å². The third kappa shape index (κ3) is 1.30. The van der Waals surface area contributed by atoms with E-state index in [1.54, 1.807) is 12.1 Å². The van der Waals surface area contributed by atoms with Gasteiger partial charge >= 0.3 is 0 Å². The summed E-state index contributed by atoms with van der Waals surface area (Å²) < 4.78 is 15.1. The third-order valence-electron chi connectivity index (χ3n) is 1.42. The summed E-state index contributed by atoms with van der Waals surface area (Å²) in [6, 6.07) is 3.44. The second-order valence-corrected chi connectivity index (χ2v) is 5.31. The van der Waals surface area contributed by atoms with Gasteiger partial charge in [0, 0.05) is 0 Å². The molecule has 62 valence electrons. The van der Waals surface area contributed by atoms with Crippen molar-refractivity contribution in [2.45, 2.75) is 0 Å². The third-order valence-corrected chi connectivity index (χ3v) is 3.55. The van der Waals surface area contributed by atoms with Crippen molar-refractivity contribution >= 4 is 53.4 Å². The predicted octanol–water partition coefficient (Wildman–Crippen LogP) is 3.96. The average Bonchev–Trinajstić information content (AvgIpc) is 2.39. The number of rotatable bonds is 0. The first-order valence-electron chi connectivity index (χ1n) is 3.08. The Balaban J connectivity index is 2.89. The minimum absolute atomic E-state index is 0.240. The fourth-order valence-corrected chi connectivity index (χ4v) is 2.78. The van der Waals surface area contributed by atoms with Gasteiger partial charge in [-0.1, -0.05) is 0 Å². The Hall–Kier alpha value is -0.0000000000000000833. The Kier molecular flexibility index (Phi) is 2.18. The van der Waals surface area contributed by atoms with E-state index in [2.05, 4.69) is 36.8 Å². The van der Waals surface area contributed by atoms with E-state index in [1.807, 2.05) is 0 Å². The van der Waals surface area contributed by atoms with E-state index >= 15 is 0 Å². The molecule has 0 unspecified atom stereocenters.